The van der Waals surface area contributed by atoms with Crippen molar-refractivity contribution in [2.75, 3.05) is 19.0 Å². The Kier molecular flexibility index (Phi) is 4.98. The minimum Gasteiger partial charge on any atom is -0.468 e. The summed E-state index contributed by atoms with van der Waals surface area (Å²) in [4.78, 5) is 25.4. The van der Waals surface area contributed by atoms with E-state index in [2.05, 4.69) is 10.1 Å². The van der Waals surface area contributed by atoms with E-state index in [-0.39, 0.29) is 24.6 Å². The summed E-state index contributed by atoms with van der Waals surface area (Å²) in [6.07, 6.45) is 4.08. The summed E-state index contributed by atoms with van der Waals surface area (Å²) >= 11 is 0. The van der Waals surface area contributed by atoms with Gasteiger partial charge in [0.2, 0.25) is 0 Å². The van der Waals surface area contributed by atoms with E-state index in [1.807, 2.05) is 30.3 Å². The van der Waals surface area contributed by atoms with E-state index in [9.17, 15) is 9.59 Å². The summed E-state index contributed by atoms with van der Waals surface area (Å²) in [5.41, 5.74) is 0.727. The number of urea groups is 1. The number of para-hydroxylation sites is 1. The standard InChI is InChI=1S/C15H20N2O3/c1-20-14(18)11-17(13-9-5-6-10-13)15(19)16-12-7-3-2-4-8-12/h2-4,7-8,13H,5-6,9-11H2,1H3,(H,16,19). The molecule has 0 radical (unpaired) electrons. The van der Waals surface area contributed by atoms with Gasteiger partial charge in [0.1, 0.15) is 6.54 Å². The number of benzene rings is 1. The quantitative estimate of drug-likeness (QED) is 0.860. The fourth-order valence-electron chi connectivity index (χ4n) is 2.50. The van der Waals surface area contributed by atoms with Gasteiger partial charge in [-0.1, -0.05) is 31.0 Å². The van der Waals surface area contributed by atoms with Crippen LogP contribution in [0.25, 0.3) is 0 Å². The molecule has 1 fully saturated rings. The van der Waals surface area contributed by atoms with Crippen LogP contribution in [0.5, 0.6) is 0 Å². The van der Waals surface area contributed by atoms with Crippen molar-refractivity contribution in [3.63, 3.8) is 0 Å². The summed E-state index contributed by atoms with van der Waals surface area (Å²) in [6, 6.07) is 9.13. The monoisotopic (exact) mass is 276 g/mol. The number of ether oxygens (including phenoxy) is 1. The van der Waals surface area contributed by atoms with Crippen LogP contribution in [0.2, 0.25) is 0 Å². The second-order valence-electron chi connectivity index (χ2n) is 4.94. The Morgan fingerprint density at radius 1 is 1.25 bits per heavy atom. The molecule has 1 aromatic carbocycles. The third kappa shape index (κ3) is 3.73. The maximum atomic E-state index is 12.4. The lowest BCUT2D eigenvalue weighted by Crippen LogP contribution is -2.44. The summed E-state index contributed by atoms with van der Waals surface area (Å²) in [6.45, 7) is -0.000165. The minimum atomic E-state index is -0.389. The number of esters is 1. The molecule has 2 amide bonds. The first-order valence-electron chi connectivity index (χ1n) is 6.90. The van der Waals surface area contributed by atoms with Crippen molar-refractivity contribution >= 4 is 17.7 Å². The van der Waals surface area contributed by atoms with Crippen LogP contribution in [0.4, 0.5) is 10.5 Å². The average Bonchev–Trinajstić information content (AvgIpc) is 2.99. The lowest BCUT2D eigenvalue weighted by molar-refractivity contribution is -0.141. The van der Waals surface area contributed by atoms with Gasteiger partial charge in [-0.05, 0) is 25.0 Å². The largest absolute Gasteiger partial charge is 0.468 e. The number of carbonyl (C=O) groups excluding carboxylic acids is 2. The number of hydrogen-bond acceptors (Lipinski definition) is 3. The van der Waals surface area contributed by atoms with Gasteiger partial charge in [-0.25, -0.2) is 4.79 Å². The number of methoxy groups -OCH3 is 1. The summed E-state index contributed by atoms with van der Waals surface area (Å²) in [7, 11) is 1.34. The lowest BCUT2D eigenvalue weighted by atomic mass is 10.2. The molecule has 1 saturated carbocycles. The maximum absolute atomic E-state index is 12.4. The van der Waals surface area contributed by atoms with Gasteiger partial charge in [0.05, 0.1) is 7.11 Å². The van der Waals surface area contributed by atoms with Gasteiger partial charge in [0, 0.05) is 11.7 Å². The molecule has 0 aromatic heterocycles. The van der Waals surface area contributed by atoms with E-state index in [1.165, 1.54) is 7.11 Å². The molecule has 0 bridgehead atoms. The van der Waals surface area contributed by atoms with Crippen LogP contribution in [0, 0.1) is 0 Å². The molecule has 0 unspecified atom stereocenters. The van der Waals surface area contributed by atoms with Crippen molar-refractivity contribution in [2.24, 2.45) is 0 Å². The minimum absolute atomic E-state index is 0.000165. The first kappa shape index (κ1) is 14.4. The molecule has 1 aliphatic carbocycles. The highest BCUT2D eigenvalue weighted by Crippen LogP contribution is 2.24. The molecule has 0 atom stereocenters. The molecule has 2 rings (SSSR count). The van der Waals surface area contributed by atoms with Gasteiger partial charge >= 0.3 is 12.0 Å². The van der Waals surface area contributed by atoms with E-state index in [1.54, 1.807) is 4.90 Å². The second kappa shape index (κ2) is 6.93. The van der Waals surface area contributed by atoms with Crippen molar-refractivity contribution in [2.45, 2.75) is 31.7 Å². The van der Waals surface area contributed by atoms with Crippen molar-refractivity contribution in [1.82, 2.24) is 4.90 Å². The van der Waals surface area contributed by atoms with Crippen LogP contribution >= 0.6 is 0 Å². The number of rotatable bonds is 4. The fraction of sp³-hybridized carbons (Fsp3) is 0.467. The molecule has 1 aromatic rings. The van der Waals surface area contributed by atoms with E-state index in [4.69, 9.17) is 0 Å². The third-order valence-corrected chi connectivity index (χ3v) is 3.58. The molecule has 5 nitrogen and oxygen atoms in total. The zero-order valence-corrected chi connectivity index (χ0v) is 11.7. The predicted octanol–water partition coefficient (Wildman–Crippen LogP) is 2.64. The molecule has 0 aliphatic heterocycles. The van der Waals surface area contributed by atoms with E-state index < -0.39 is 0 Å². The Bertz CT molecular complexity index is 455. The predicted molar refractivity (Wildman–Crippen MR) is 76.4 cm³/mol. The number of carbonyl (C=O) groups is 2. The maximum Gasteiger partial charge on any atom is 0.325 e. The Morgan fingerprint density at radius 3 is 2.50 bits per heavy atom. The summed E-state index contributed by atoms with van der Waals surface area (Å²) in [5, 5.41) is 2.83. The molecule has 1 aliphatic rings. The number of nitrogens with zero attached hydrogens (tertiary/aromatic N) is 1. The Morgan fingerprint density at radius 2 is 1.90 bits per heavy atom. The molecule has 5 heteroatoms. The average molecular weight is 276 g/mol. The highest BCUT2D eigenvalue weighted by Gasteiger charge is 2.28. The van der Waals surface area contributed by atoms with Crippen LogP contribution in [0.3, 0.4) is 0 Å². The second-order valence-corrected chi connectivity index (χ2v) is 4.94. The van der Waals surface area contributed by atoms with Gasteiger partial charge in [0.25, 0.3) is 0 Å². The highest BCUT2D eigenvalue weighted by molar-refractivity contribution is 5.91. The molecule has 0 saturated heterocycles. The van der Waals surface area contributed by atoms with Crippen molar-refractivity contribution in [3.8, 4) is 0 Å². The lowest BCUT2D eigenvalue weighted by Gasteiger charge is -2.28. The van der Waals surface area contributed by atoms with Crippen LogP contribution in [-0.4, -0.2) is 36.6 Å². The first-order valence-corrected chi connectivity index (χ1v) is 6.90. The van der Waals surface area contributed by atoms with Gasteiger partial charge in [0.15, 0.2) is 0 Å². The molecule has 20 heavy (non-hydrogen) atoms. The zero-order valence-electron chi connectivity index (χ0n) is 11.7. The van der Waals surface area contributed by atoms with E-state index in [0.29, 0.717) is 0 Å². The van der Waals surface area contributed by atoms with Crippen LogP contribution < -0.4 is 5.32 Å². The SMILES string of the molecule is COC(=O)CN(C(=O)Nc1ccccc1)C1CCCC1. The van der Waals surface area contributed by atoms with Crippen molar-refractivity contribution in [1.29, 1.82) is 0 Å². The number of amides is 2. The topological polar surface area (TPSA) is 58.6 Å². The van der Waals surface area contributed by atoms with Crippen LogP contribution in [-0.2, 0) is 9.53 Å². The summed E-state index contributed by atoms with van der Waals surface area (Å²) in [5.74, 6) is -0.389. The van der Waals surface area contributed by atoms with Gasteiger partial charge in [-0.3, -0.25) is 4.79 Å². The fourth-order valence-corrected chi connectivity index (χ4v) is 2.50. The molecule has 0 spiro atoms. The van der Waals surface area contributed by atoms with Gasteiger partial charge < -0.3 is 15.0 Å². The Labute approximate surface area is 118 Å². The van der Waals surface area contributed by atoms with Crippen molar-refractivity contribution < 1.29 is 14.3 Å². The Hall–Kier alpha value is -2.04. The number of anilines is 1. The molecule has 1 N–H and O–H groups in total. The van der Waals surface area contributed by atoms with Crippen LogP contribution in [0.15, 0.2) is 30.3 Å². The number of hydrogen-bond donors (Lipinski definition) is 1. The molecule has 0 heterocycles. The van der Waals surface area contributed by atoms with E-state index >= 15 is 0 Å². The van der Waals surface area contributed by atoms with Gasteiger partial charge in [-0.2, -0.15) is 0 Å². The Balaban J connectivity index is 2.04. The van der Waals surface area contributed by atoms with Crippen LogP contribution in [0.1, 0.15) is 25.7 Å². The normalized spacial score (nSPS) is 14.8. The van der Waals surface area contributed by atoms with E-state index in [0.717, 1.165) is 31.4 Å². The summed E-state index contributed by atoms with van der Waals surface area (Å²) < 4.78 is 4.68. The van der Waals surface area contributed by atoms with Crippen molar-refractivity contribution in [3.05, 3.63) is 30.3 Å². The third-order valence-electron chi connectivity index (χ3n) is 3.58. The molecule has 108 valence electrons. The molecular formula is C15H20N2O3. The smallest absolute Gasteiger partial charge is 0.325 e. The van der Waals surface area contributed by atoms with Gasteiger partial charge in [-0.15, -0.1) is 0 Å². The zero-order chi connectivity index (χ0) is 14.4. The first-order chi connectivity index (χ1) is 9.70. The highest BCUT2D eigenvalue weighted by atomic mass is 16.5. The number of nitrogens with one attached hydrogen (secondary N) is 1. The molecular weight excluding hydrogens is 256 g/mol.